The van der Waals surface area contributed by atoms with Gasteiger partial charge in [-0.05, 0) is 49.1 Å². The van der Waals surface area contributed by atoms with Gasteiger partial charge in [0.2, 0.25) is 0 Å². The first-order valence-corrected chi connectivity index (χ1v) is 10.0. The van der Waals surface area contributed by atoms with E-state index in [1.165, 1.54) is 23.5 Å². The molecule has 2 aromatic carbocycles. The maximum atomic E-state index is 12.8. The summed E-state index contributed by atoms with van der Waals surface area (Å²) in [7, 11) is -2.26. The zero-order valence-corrected chi connectivity index (χ0v) is 15.4. The van der Waals surface area contributed by atoms with Gasteiger partial charge in [-0.15, -0.1) is 0 Å². The lowest BCUT2D eigenvalue weighted by molar-refractivity contribution is 0.0950. The molecule has 6 nitrogen and oxygen atoms in total. The molecule has 0 spiro atoms. The fraction of sp³-hybridized carbons (Fsp3) is 0.316. The van der Waals surface area contributed by atoms with Gasteiger partial charge in [0.15, 0.2) is 0 Å². The molecule has 0 bridgehead atoms. The Labute approximate surface area is 154 Å². The van der Waals surface area contributed by atoms with Crippen LogP contribution in [-0.2, 0) is 10.0 Å². The Morgan fingerprint density at radius 2 is 1.88 bits per heavy atom. The lowest BCUT2D eigenvalue weighted by Crippen LogP contribution is -2.38. The Morgan fingerprint density at radius 3 is 2.54 bits per heavy atom. The zero-order chi connectivity index (χ0) is 18.7. The lowest BCUT2D eigenvalue weighted by Gasteiger charge is -2.19. The number of carbonyl (C=O) groups excluding carboxylic acids is 1. The SMILES string of the molecule is CN(c1ccccc1)S(=O)(=O)c1cccc(C(=O)NCC(N)C2CC2)c1. The molecule has 3 rings (SSSR count). The molecule has 2 aromatic rings. The molecular formula is C19H23N3O3S. The summed E-state index contributed by atoms with van der Waals surface area (Å²) < 4.78 is 26.9. The number of nitrogens with one attached hydrogen (secondary N) is 1. The highest BCUT2D eigenvalue weighted by Gasteiger charge is 2.28. The summed E-state index contributed by atoms with van der Waals surface area (Å²) in [5, 5.41) is 2.79. The third kappa shape index (κ3) is 4.05. The van der Waals surface area contributed by atoms with Crippen molar-refractivity contribution in [2.24, 2.45) is 11.7 Å². The van der Waals surface area contributed by atoms with E-state index >= 15 is 0 Å². The van der Waals surface area contributed by atoms with Crippen LogP contribution in [0.25, 0.3) is 0 Å². The second-order valence-corrected chi connectivity index (χ2v) is 8.52. The van der Waals surface area contributed by atoms with Crippen LogP contribution in [0.4, 0.5) is 5.69 Å². The highest BCUT2D eigenvalue weighted by atomic mass is 32.2. The van der Waals surface area contributed by atoms with Crippen LogP contribution in [0, 0.1) is 5.92 Å². The van der Waals surface area contributed by atoms with Crippen LogP contribution in [0.15, 0.2) is 59.5 Å². The lowest BCUT2D eigenvalue weighted by atomic mass is 10.2. The molecule has 1 unspecified atom stereocenters. The Morgan fingerprint density at radius 1 is 1.19 bits per heavy atom. The molecule has 138 valence electrons. The van der Waals surface area contributed by atoms with Crippen LogP contribution in [0.2, 0.25) is 0 Å². The van der Waals surface area contributed by atoms with Gasteiger partial charge in [-0.25, -0.2) is 8.42 Å². The third-order valence-electron chi connectivity index (χ3n) is 4.60. The van der Waals surface area contributed by atoms with Gasteiger partial charge in [-0.3, -0.25) is 9.10 Å². The van der Waals surface area contributed by atoms with Gasteiger partial charge in [-0.2, -0.15) is 0 Å². The molecule has 0 heterocycles. The van der Waals surface area contributed by atoms with Crippen molar-refractivity contribution in [3.8, 4) is 0 Å². The Hall–Kier alpha value is -2.38. The standard InChI is InChI=1S/C19H23N3O3S/c1-22(16-7-3-2-4-8-16)26(24,25)17-9-5-6-15(12-17)19(23)21-13-18(20)14-10-11-14/h2-9,12,14,18H,10-11,13,20H2,1H3,(H,21,23). The molecule has 1 saturated carbocycles. The number of benzene rings is 2. The van der Waals surface area contributed by atoms with Crippen molar-refractivity contribution in [2.45, 2.75) is 23.8 Å². The minimum atomic E-state index is -3.75. The summed E-state index contributed by atoms with van der Waals surface area (Å²) in [5.41, 5.74) is 6.85. The van der Waals surface area contributed by atoms with Gasteiger partial charge in [0.25, 0.3) is 15.9 Å². The molecular weight excluding hydrogens is 350 g/mol. The maximum Gasteiger partial charge on any atom is 0.264 e. The highest BCUT2D eigenvalue weighted by Crippen LogP contribution is 2.31. The van der Waals surface area contributed by atoms with E-state index in [1.807, 2.05) is 6.07 Å². The summed E-state index contributed by atoms with van der Waals surface area (Å²) in [5.74, 6) is 0.169. The summed E-state index contributed by atoms with van der Waals surface area (Å²) in [6.07, 6.45) is 2.22. The molecule has 7 heteroatoms. The Bertz CT molecular complexity index is 880. The highest BCUT2D eigenvalue weighted by molar-refractivity contribution is 7.92. The largest absolute Gasteiger partial charge is 0.350 e. The molecule has 26 heavy (non-hydrogen) atoms. The predicted octanol–water partition coefficient (Wildman–Crippen LogP) is 1.98. The molecule has 3 N–H and O–H groups in total. The molecule has 1 aliphatic rings. The second-order valence-electron chi connectivity index (χ2n) is 6.55. The number of sulfonamides is 1. The first-order valence-electron chi connectivity index (χ1n) is 8.57. The van der Waals surface area contributed by atoms with Gasteiger partial charge < -0.3 is 11.1 Å². The molecule has 1 aliphatic carbocycles. The van der Waals surface area contributed by atoms with Crippen LogP contribution < -0.4 is 15.4 Å². The molecule has 1 amide bonds. The van der Waals surface area contributed by atoms with Crippen LogP contribution in [-0.4, -0.2) is 34.0 Å². The first-order chi connectivity index (χ1) is 12.4. The van der Waals surface area contributed by atoms with Crippen molar-refractivity contribution >= 4 is 21.6 Å². The van der Waals surface area contributed by atoms with E-state index in [0.717, 1.165) is 12.8 Å². The third-order valence-corrected chi connectivity index (χ3v) is 6.38. The van der Waals surface area contributed by atoms with E-state index in [9.17, 15) is 13.2 Å². The molecule has 0 aliphatic heterocycles. The van der Waals surface area contributed by atoms with Crippen molar-refractivity contribution in [3.63, 3.8) is 0 Å². The number of para-hydroxylation sites is 1. The Kier molecular flexibility index (Phi) is 5.29. The molecule has 0 saturated heterocycles. The minimum Gasteiger partial charge on any atom is -0.350 e. The molecule has 0 radical (unpaired) electrons. The van der Waals surface area contributed by atoms with E-state index in [1.54, 1.807) is 36.4 Å². The van der Waals surface area contributed by atoms with Gasteiger partial charge in [0.05, 0.1) is 10.6 Å². The number of nitrogens with two attached hydrogens (primary N) is 1. The number of nitrogens with zero attached hydrogens (tertiary/aromatic N) is 1. The number of anilines is 1. The van der Waals surface area contributed by atoms with E-state index in [0.29, 0.717) is 23.7 Å². The van der Waals surface area contributed by atoms with Crippen molar-refractivity contribution < 1.29 is 13.2 Å². The summed E-state index contributed by atoms with van der Waals surface area (Å²) in [4.78, 5) is 12.4. The van der Waals surface area contributed by atoms with Gasteiger partial charge in [-0.1, -0.05) is 24.3 Å². The number of hydrogen-bond donors (Lipinski definition) is 2. The van der Waals surface area contributed by atoms with E-state index in [-0.39, 0.29) is 16.8 Å². The molecule has 0 aromatic heterocycles. The molecule has 1 fully saturated rings. The van der Waals surface area contributed by atoms with Crippen LogP contribution >= 0.6 is 0 Å². The minimum absolute atomic E-state index is 0.0462. The predicted molar refractivity (Wildman–Crippen MR) is 102 cm³/mol. The van der Waals surface area contributed by atoms with Crippen molar-refractivity contribution in [1.29, 1.82) is 0 Å². The van der Waals surface area contributed by atoms with Crippen LogP contribution in [0.5, 0.6) is 0 Å². The number of carbonyl (C=O) groups is 1. The van der Waals surface area contributed by atoms with Crippen LogP contribution in [0.3, 0.4) is 0 Å². The van der Waals surface area contributed by atoms with Crippen molar-refractivity contribution in [1.82, 2.24) is 5.32 Å². The number of rotatable bonds is 7. The summed E-state index contributed by atoms with van der Waals surface area (Å²) in [6.45, 7) is 0.393. The first kappa shape index (κ1) is 18.4. The van der Waals surface area contributed by atoms with E-state index < -0.39 is 10.0 Å². The fourth-order valence-corrected chi connectivity index (χ4v) is 3.98. The van der Waals surface area contributed by atoms with E-state index in [4.69, 9.17) is 5.73 Å². The van der Waals surface area contributed by atoms with E-state index in [2.05, 4.69) is 5.32 Å². The fourth-order valence-electron chi connectivity index (χ4n) is 2.74. The van der Waals surface area contributed by atoms with Gasteiger partial charge >= 0.3 is 0 Å². The quantitative estimate of drug-likeness (QED) is 0.776. The number of amides is 1. The normalized spacial score (nSPS) is 15.3. The van der Waals surface area contributed by atoms with Crippen LogP contribution in [0.1, 0.15) is 23.2 Å². The van der Waals surface area contributed by atoms with Crippen molar-refractivity contribution in [3.05, 3.63) is 60.2 Å². The zero-order valence-electron chi connectivity index (χ0n) is 14.6. The summed E-state index contributed by atoms with van der Waals surface area (Å²) >= 11 is 0. The maximum absolute atomic E-state index is 12.8. The van der Waals surface area contributed by atoms with Gasteiger partial charge in [0.1, 0.15) is 0 Å². The average molecular weight is 373 g/mol. The molecule has 1 atom stereocenters. The topological polar surface area (TPSA) is 92.5 Å². The second kappa shape index (κ2) is 7.47. The van der Waals surface area contributed by atoms with Crippen molar-refractivity contribution in [2.75, 3.05) is 17.9 Å². The monoisotopic (exact) mass is 373 g/mol. The Balaban J connectivity index is 1.76. The summed E-state index contributed by atoms with van der Waals surface area (Å²) in [6, 6.07) is 14.8. The number of hydrogen-bond acceptors (Lipinski definition) is 4. The average Bonchev–Trinajstić information content (AvgIpc) is 3.51. The smallest absolute Gasteiger partial charge is 0.264 e. The van der Waals surface area contributed by atoms with Gasteiger partial charge in [0, 0.05) is 25.2 Å².